The smallest absolute Gasteiger partial charge is 0.416 e. The van der Waals surface area contributed by atoms with Gasteiger partial charge in [0.15, 0.2) is 0 Å². The largest absolute Gasteiger partial charge is 0.435 e. The van der Waals surface area contributed by atoms with Gasteiger partial charge in [0.05, 0.1) is 69.8 Å². The molecular formula is C59H71Cl3F5N13O. The van der Waals surface area contributed by atoms with Crippen molar-refractivity contribution in [2.45, 2.75) is 92.3 Å². The molecule has 81 heavy (non-hydrogen) atoms. The van der Waals surface area contributed by atoms with Crippen LogP contribution < -0.4 is 4.74 Å². The normalized spacial score (nSPS) is 11.4. The molecule has 434 valence electrons. The van der Waals surface area contributed by atoms with Crippen LogP contribution in [0.15, 0.2) is 110 Å². The van der Waals surface area contributed by atoms with Crippen molar-refractivity contribution in [2.24, 2.45) is 0 Å². The lowest BCUT2D eigenvalue weighted by atomic mass is 10.0. The van der Waals surface area contributed by atoms with Gasteiger partial charge in [-0.15, -0.1) is 0 Å². The van der Waals surface area contributed by atoms with Crippen LogP contribution in [-0.4, -0.2) is 121 Å². The van der Waals surface area contributed by atoms with E-state index in [1.54, 1.807) is 30.6 Å². The third-order valence-electron chi connectivity index (χ3n) is 12.5. The average molecular weight is 1180 g/mol. The Hall–Kier alpha value is -6.63. The molecule has 0 fully saturated rings. The van der Waals surface area contributed by atoms with Gasteiger partial charge in [0.2, 0.25) is 0 Å². The van der Waals surface area contributed by atoms with Crippen molar-refractivity contribution in [3.63, 3.8) is 0 Å². The fourth-order valence-electron chi connectivity index (χ4n) is 8.88. The standard InChI is InChI=1S/C15H17ClF3N3.C15H19F2N3O.C15H18N4.C14H17Cl2N3/c1-3-6-22(2)9-10-8-20-21-14(10)12-5-4-11(7-13(12)16)15(17,18)19;1-3-8-20(2)10-14-13(9-18-19-14)11-4-6-12(7-5-11)21-15(16)17;1-3-8-19(2)11-13-10-17-18-15(13)14-7-5-4-6-12(14)9-16;1-3-4-19(2)9-11-8-17-18-14(11)10-5-12(15)7-13(16)6-10/h4-5,7-8H,3,6,9H2,1-2H3,(H,20,21);4-7,9,15H,3,8,10H2,1-2H3,(H,18,19);4-7,10H,3,8,11H2,1-2H3,(H,17,18);5-8H,3-4,9H2,1-2H3,(H,17,18). The van der Waals surface area contributed by atoms with E-state index in [4.69, 9.17) is 34.8 Å². The summed E-state index contributed by atoms with van der Waals surface area (Å²) >= 11 is 18.1. The third kappa shape index (κ3) is 20.4. The van der Waals surface area contributed by atoms with Gasteiger partial charge in [0.25, 0.3) is 0 Å². The molecule has 4 heterocycles. The van der Waals surface area contributed by atoms with E-state index in [9.17, 15) is 27.2 Å². The highest BCUT2D eigenvalue weighted by molar-refractivity contribution is 6.35. The summed E-state index contributed by atoms with van der Waals surface area (Å²) in [6.07, 6.45) is 7.08. The number of hydrogen-bond acceptors (Lipinski definition) is 10. The summed E-state index contributed by atoms with van der Waals surface area (Å²) in [5.74, 6) is 0.155. The van der Waals surface area contributed by atoms with Crippen molar-refractivity contribution < 1.29 is 26.7 Å². The van der Waals surface area contributed by atoms with Crippen LogP contribution in [0.3, 0.4) is 0 Å². The van der Waals surface area contributed by atoms with Crippen LogP contribution in [0.25, 0.3) is 44.9 Å². The van der Waals surface area contributed by atoms with Crippen LogP contribution >= 0.6 is 34.8 Å². The van der Waals surface area contributed by atoms with Crippen LogP contribution in [0.1, 0.15) is 86.9 Å². The van der Waals surface area contributed by atoms with Crippen molar-refractivity contribution in [3.8, 4) is 56.7 Å². The van der Waals surface area contributed by atoms with E-state index in [1.165, 1.54) is 18.2 Å². The van der Waals surface area contributed by atoms with E-state index in [-0.39, 0.29) is 10.8 Å². The molecule has 0 spiro atoms. The zero-order chi connectivity index (χ0) is 59.1. The van der Waals surface area contributed by atoms with E-state index < -0.39 is 18.4 Å². The summed E-state index contributed by atoms with van der Waals surface area (Å²) in [5.41, 5.74) is 11.0. The molecular weight excluding hydrogens is 1110 g/mol. The van der Waals surface area contributed by atoms with Crippen LogP contribution in [-0.2, 0) is 32.4 Å². The van der Waals surface area contributed by atoms with Gasteiger partial charge < -0.3 is 24.3 Å². The number of nitriles is 1. The minimum atomic E-state index is -4.40. The highest BCUT2D eigenvalue weighted by atomic mass is 35.5. The number of aromatic nitrogens is 8. The Morgan fingerprint density at radius 3 is 1.49 bits per heavy atom. The van der Waals surface area contributed by atoms with Crippen LogP contribution in [0.5, 0.6) is 5.75 Å². The second kappa shape index (κ2) is 32.7. The number of halogens is 8. The van der Waals surface area contributed by atoms with Crippen LogP contribution in [0.2, 0.25) is 15.1 Å². The maximum atomic E-state index is 12.7. The number of alkyl halides is 5. The van der Waals surface area contributed by atoms with Crippen LogP contribution in [0.4, 0.5) is 22.0 Å². The molecule has 4 aromatic carbocycles. The van der Waals surface area contributed by atoms with Crippen molar-refractivity contribution >= 4 is 34.8 Å². The molecule has 0 saturated carbocycles. The Morgan fingerprint density at radius 1 is 0.543 bits per heavy atom. The first-order valence-electron chi connectivity index (χ1n) is 26.5. The highest BCUT2D eigenvalue weighted by Crippen LogP contribution is 2.37. The van der Waals surface area contributed by atoms with E-state index in [2.05, 4.69) is 113 Å². The molecule has 0 amide bonds. The number of aromatic amines is 4. The Bertz CT molecular complexity index is 3150. The molecule has 4 N–H and O–H groups in total. The number of nitrogens with zero attached hydrogens (tertiary/aromatic N) is 9. The molecule has 14 nitrogen and oxygen atoms in total. The zero-order valence-corrected chi connectivity index (χ0v) is 49.2. The van der Waals surface area contributed by atoms with Gasteiger partial charge in [0.1, 0.15) is 5.75 Å². The average Bonchev–Trinajstić information content (AvgIpc) is 4.30. The predicted molar refractivity (Wildman–Crippen MR) is 314 cm³/mol. The Morgan fingerprint density at radius 2 is 1.01 bits per heavy atom. The second-order valence-electron chi connectivity index (χ2n) is 19.4. The molecule has 0 bridgehead atoms. The first kappa shape index (κ1) is 65.2. The van der Waals surface area contributed by atoms with Gasteiger partial charge in [-0.1, -0.05) is 98.9 Å². The molecule has 4 aromatic heterocycles. The van der Waals surface area contributed by atoms with E-state index in [0.29, 0.717) is 33.4 Å². The van der Waals surface area contributed by atoms with Crippen molar-refractivity contribution in [2.75, 3.05) is 54.4 Å². The van der Waals surface area contributed by atoms with Gasteiger partial charge in [-0.2, -0.15) is 47.6 Å². The lowest BCUT2D eigenvalue weighted by molar-refractivity contribution is -0.137. The maximum Gasteiger partial charge on any atom is 0.416 e. The number of hydrogen-bond donors (Lipinski definition) is 4. The Labute approximate surface area is 486 Å². The minimum Gasteiger partial charge on any atom is -0.435 e. The number of H-pyrrole nitrogens is 4. The van der Waals surface area contributed by atoms with Crippen molar-refractivity contribution in [3.05, 3.63) is 158 Å². The number of benzene rings is 4. The molecule has 8 rings (SSSR count). The topological polar surface area (TPSA) is 161 Å². The fourth-order valence-corrected chi connectivity index (χ4v) is 9.68. The number of rotatable bonds is 22. The maximum absolute atomic E-state index is 12.7. The monoisotopic (exact) mass is 1180 g/mol. The minimum absolute atomic E-state index is 0.0541. The zero-order valence-electron chi connectivity index (χ0n) is 46.9. The quantitative estimate of drug-likeness (QED) is 0.0481. The lowest BCUT2D eigenvalue weighted by Gasteiger charge is -2.16. The molecule has 8 aromatic rings. The van der Waals surface area contributed by atoms with Crippen LogP contribution in [0, 0.1) is 11.3 Å². The van der Waals surface area contributed by atoms with Gasteiger partial charge in [-0.05, 0) is 134 Å². The molecule has 0 aliphatic carbocycles. The molecule has 22 heteroatoms. The molecule has 0 saturated heterocycles. The third-order valence-corrected chi connectivity index (χ3v) is 13.2. The van der Waals surface area contributed by atoms with E-state index in [1.807, 2.05) is 62.9 Å². The summed E-state index contributed by atoms with van der Waals surface area (Å²) in [6, 6.07) is 25.3. The van der Waals surface area contributed by atoms with Gasteiger partial charge in [-0.3, -0.25) is 20.4 Å². The summed E-state index contributed by atoms with van der Waals surface area (Å²) < 4.78 is 66.7. The fraction of sp³-hybridized carbons (Fsp3) is 0.373. The summed E-state index contributed by atoms with van der Waals surface area (Å²) in [5, 5.41) is 38.7. The first-order valence-corrected chi connectivity index (χ1v) is 27.6. The summed E-state index contributed by atoms with van der Waals surface area (Å²) in [7, 11) is 8.23. The second-order valence-corrected chi connectivity index (χ2v) is 20.7. The summed E-state index contributed by atoms with van der Waals surface area (Å²) in [4.78, 5) is 8.83. The van der Waals surface area contributed by atoms with Gasteiger partial charge in [-0.25, -0.2) is 0 Å². The molecule has 0 aliphatic heterocycles. The number of nitrogens with one attached hydrogen (secondary N) is 4. The molecule has 0 atom stereocenters. The lowest BCUT2D eigenvalue weighted by Crippen LogP contribution is -2.19. The van der Waals surface area contributed by atoms with Crippen molar-refractivity contribution in [1.82, 2.24) is 60.4 Å². The van der Waals surface area contributed by atoms with E-state index in [0.717, 1.165) is 140 Å². The molecule has 0 aliphatic rings. The van der Waals surface area contributed by atoms with E-state index >= 15 is 0 Å². The number of ether oxygens (including phenoxy) is 1. The first-order chi connectivity index (χ1) is 38.8. The highest BCUT2D eigenvalue weighted by Gasteiger charge is 2.31. The predicted octanol–water partition coefficient (Wildman–Crippen LogP) is 15.1. The van der Waals surface area contributed by atoms with Gasteiger partial charge >= 0.3 is 12.8 Å². The molecule has 0 unspecified atom stereocenters. The Kier molecular flexibility index (Phi) is 26.3. The van der Waals surface area contributed by atoms with Crippen molar-refractivity contribution in [1.29, 1.82) is 5.26 Å². The Balaban J connectivity index is 0.000000199. The molecule has 0 radical (unpaired) electrons. The summed E-state index contributed by atoms with van der Waals surface area (Å²) in [6.45, 7) is 12.9. The van der Waals surface area contributed by atoms with Gasteiger partial charge in [0, 0.05) is 75.2 Å². The SMILES string of the molecule is CCCN(C)Cc1[nH]ncc1-c1ccc(OC(F)F)cc1.CCCN(C)Cc1cn[nH]c1-c1cc(Cl)cc(Cl)c1.CCCN(C)Cc1cn[nH]c1-c1ccc(C(F)(F)F)cc1Cl.CCCN(C)Cc1cn[nH]c1-c1ccccc1C#N.